The average Bonchev–Trinajstić information content (AvgIpc) is 3.27. The molecule has 1 aliphatic heterocycles. The largest absolute Gasteiger partial charge is 0.335 e. The van der Waals surface area contributed by atoms with Gasteiger partial charge in [-0.05, 0) is 55.3 Å². The van der Waals surface area contributed by atoms with Crippen molar-refractivity contribution in [2.45, 2.75) is 57.9 Å². The lowest BCUT2D eigenvalue weighted by atomic mass is 10.2. The molecule has 6 heteroatoms. The number of hydrogen-bond donors (Lipinski definition) is 0. The summed E-state index contributed by atoms with van der Waals surface area (Å²) >= 11 is 16.3. The first-order valence-electron chi connectivity index (χ1n) is 11.3. The van der Waals surface area contributed by atoms with Gasteiger partial charge in [0.05, 0.1) is 10.7 Å². The van der Waals surface area contributed by atoms with E-state index in [4.69, 9.17) is 23.2 Å². The number of thioether (sulfide) groups is 1. The standard InChI is InChI=1S/C26H29Cl2N2S2/c1-4-6-12-29-21-16-19(27)8-10-23(21)31-25(29)14-18(3)15-26-30(13-7-5-2)22-17-20(28)9-11-24(22)32-26/h8-11,14-17H,4-7,12-13H2,1-3H3/q+1. The van der Waals surface area contributed by atoms with Gasteiger partial charge in [-0.3, -0.25) is 0 Å². The van der Waals surface area contributed by atoms with Crippen LogP contribution in [0.15, 0.2) is 58.0 Å². The first-order chi connectivity index (χ1) is 15.5. The van der Waals surface area contributed by atoms with Crippen LogP contribution in [-0.4, -0.2) is 6.54 Å². The van der Waals surface area contributed by atoms with E-state index in [2.05, 4.69) is 66.7 Å². The number of thiazole rings is 1. The summed E-state index contributed by atoms with van der Waals surface area (Å²) in [7, 11) is 0. The number of rotatable bonds is 8. The molecule has 0 saturated carbocycles. The maximum absolute atomic E-state index is 6.31. The van der Waals surface area contributed by atoms with Crippen molar-refractivity contribution >= 4 is 68.3 Å². The number of halogens is 2. The maximum atomic E-state index is 6.31. The van der Waals surface area contributed by atoms with Gasteiger partial charge in [0.1, 0.15) is 4.70 Å². The molecule has 1 aliphatic rings. The van der Waals surface area contributed by atoms with Gasteiger partial charge in [0.15, 0.2) is 6.54 Å². The van der Waals surface area contributed by atoms with Crippen molar-refractivity contribution < 1.29 is 4.57 Å². The number of unbranched alkanes of at least 4 members (excludes halogenated alkanes) is 2. The van der Waals surface area contributed by atoms with Crippen LogP contribution in [0.1, 0.15) is 51.5 Å². The first kappa shape index (κ1) is 23.7. The van der Waals surface area contributed by atoms with Gasteiger partial charge in [-0.15, -0.1) is 0 Å². The predicted molar refractivity (Wildman–Crippen MR) is 143 cm³/mol. The van der Waals surface area contributed by atoms with Crippen molar-refractivity contribution in [1.82, 2.24) is 0 Å². The number of nitrogens with zero attached hydrogens (tertiary/aromatic N) is 2. The molecule has 0 bridgehead atoms. The monoisotopic (exact) mass is 503 g/mol. The van der Waals surface area contributed by atoms with Crippen LogP contribution in [0.5, 0.6) is 0 Å². The van der Waals surface area contributed by atoms with Crippen molar-refractivity contribution in [3.8, 4) is 0 Å². The Hall–Kier alpha value is -1.46. The van der Waals surface area contributed by atoms with Crippen LogP contribution in [0.3, 0.4) is 0 Å². The predicted octanol–water partition coefficient (Wildman–Crippen LogP) is 8.95. The Bertz CT molecular complexity index is 1180. The fourth-order valence-corrected chi connectivity index (χ4v) is 6.58. The summed E-state index contributed by atoms with van der Waals surface area (Å²) in [5, 5.41) is 4.13. The SMILES string of the molecule is CCCCN1/C(=C/C(C)=C/c2sc3ccc(Cl)cc3[n+]2CCCC)Sc2ccc(Cl)cc21. The van der Waals surface area contributed by atoms with E-state index in [9.17, 15) is 0 Å². The molecular formula is C26H29Cl2N2S2+. The molecule has 0 aliphatic carbocycles. The molecule has 2 heterocycles. The van der Waals surface area contributed by atoms with Gasteiger partial charge in [-0.1, -0.05) is 73.0 Å². The zero-order valence-corrected chi connectivity index (χ0v) is 22.0. The smallest absolute Gasteiger partial charge is 0.263 e. The van der Waals surface area contributed by atoms with E-state index < -0.39 is 0 Å². The van der Waals surface area contributed by atoms with Crippen LogP contribution in [0.4, 0.5) is 5.69 Å². The van der Waals surface area contributed by atoms with E-state index in [1.54, 1.807) is 0 Å². The minimum atomic E-state index is 0.792. The second-order valence-corrected chi connectivity index (χ2v) is 11.1. The summed E-state index contributed by atoms with van der Waals surface area (Å²) in [6.45, 7) is 8.68. The Balaban J connectivity index is 1.70. The van der Waals surface area contributed by atoms with Gasteiger partial charge >= 0.3 is 0 Å². The molecule has 168 valence electrons. The first-order valence-corrected chi connectivity index (χ1v) is 13.7. The molecule has 3 aromatic rings. The van der Waals surface area contributed by atoms with Crippen molar-refractivity contribution in [2.24, 2.45) is 0 Å². The van der Waals surface area contributed by atoms with Crippen LogP contribution in [0, 0.1) is 0 Å². The van der Waals surface area contributed by atoms with Crippen LogP contribution in [-0.2, 0) is 6.54 Å². The van der Waals surface area contributed by atoms with Crippen molar-refractivity contribution in [1.29, 1.82) is 0 Å². The number of aromatic nitrogens is 1. The summed E-state index contributed by atoms with van der Waals surface area (Å²) in [6, 6.07) is 12.4. The van der Waals surface area contributed by atoms with E-state index in [0.29, 0.717) is 0 Å². The van der Waals surface area contributed by atoms with E-state index in [1.165, 1.54) is 49.3 Å². The molecule has 0 amide bonds. The highest BCUT2D eigenvalue weighted by Crippen LogP contribution is 2.47. The number of anilines is 1. The zero-order chi connectivity index (χ0) is 22.7. The molecule has 32 heavy (non-hydrogen) atoms. The van der Waals surface area contributed by atoms with Crippen molar-refractivity contribution in [3.63, 3.8) is 0 Å². The quantitative estimate of drug-likeness (QED) is 0.283. The van der Waals surface area contributed by atoms with E-state index in [-0.39, 0.29) is 0 Å². The normalized spacial score (nSPS) is 15.2. The Labute approximate surface area is 209 Å². The molecule has 0 unspecified atom stereocenters. The second kappa shape index (κ2) is 10.6. The summed E-state index contributed by atoms with van der Waals surface area (Å²) in [5.74, 6) is 0. The molecule has 0 N–H and O–H groups in total. The van der Waals surface area contributed by atoms with Gasteiger partial charge < -0.3 is 4.90 Å². The Morgan fingerprint density at radius 3 is 2.56 bits per heavy atom. The number of fused-ring (bicyclic) bond motifs is 2. The summed E-state index contributed by atoms with van der Waals surface area (Å²) in [4.78, 5) is 3.70. The van der Waals surface area contributed by atoms with Gasteiger partial charge in [-0.25, -0.2) is 0 Å². The third kappa shape index (κ3) is 5.20. The fraction of sp³-hybridized carbons (Fsp3) is 0.346. The lowest BCUT2D eigenvalue weighted by Crippen LogP contribution is -2.35. The molecule has 0 saturated heterocycles. The highest BCUT2D eigenvalue weighted by Gasteiger charge is 2.25. The van der Waals surface area contributed by atoms with Gasteiger partial charge in [-0.2, -0.15) is 4.57 Å². The minimum Gasteiger partial charge on any atom is -0.335 e. The van der Waals surface area contributed by atoms with Crippen LogP contribution >= 0.6 is 46.3 Å². The lowest BCUT2D eigenvalue weighted by molar-refractivity contribution is -0.669. The van der Waals surface area contributed by atoms with Crippen molar-refractivity contribution in [3.05, 3.63) is 68.1 Å². The number of allylic oxidation sites excluding steroid dienone is 2. The maximum Gasteiger partial charge on any atom is 0.263 e. The molecular weight excluding hydrogens is 475 g/mol. The van der Waals surface area contributed by atoms with E-state index >= 15 is 0 Å². The third-order valence-corrected chi connectivity index (χ3v) is 8.25. The Kier molecular flexibility index (Phi) is 7.88. The minimum absolute atomic E-state index is 0.792. The molecule has 0 radical (unpaired) electrons. The number of benzene rings is 2. The molecule has 2 aromatic carbocycles. The summed E-state index contributed by atoms with van der Waals surface area (Å²) in [5.41, 5.74) is 3.70. The summed E-state index contributed by atoms with van der Waals surface area (Å²) in [6.07, 6.45) is 9.27. The molecule has 0 atom stereocenters. The van der Waals surface area contributed by atoms with E-state index in [1.807, 2.05) is 35.2 Å². The van der Waals surface area contributed by atoms with Crippen LogP contribution in [0.25, 0.3) is 16.3 Å². The molecule has 4 rings (SSSR count). The highest BCUT2D eigenvalue weighted by atomic mass is 35.5. The second-order valence-electron chi connectivity index (χ2n) is 8.15. The third-order valence-electron chi connectivity index (χ3n) is 5.56. The van der Waals surface area contributed by atoms with Gasteiger partial charge in [0, 0.05) is 40.0 Å². The average molecular weight is 505 g/mol. The number of hydrogen-bond acceptors (Lipinski definition) is 3. The molecule has 1 aromatic heterocycles. The summed E-state index contributed by atoms with van der Waals surface area (Å²) < 4.78 is 3.70. The Morgan fingerprint density at radius 2 is 1.78 bits per heavy atom. The molecule has 0 spiro atoms. The van der Waals surface area contributed by atoms with Crippen LogP contribution < -0.4 is 9.47 Å². The van der Waals surface area contributed by atoms with E-state index in [0.717, 1.165) is 36.0 Å². The topological polar surface area (TPSA) is 7.12 Å². The highest BCUT2D eigenvalue weighted by molar-refractivity contribution is 8.03. The lowest BCUT2D eigenvalue weighted by Gasteiger charge is -2.20. The van der Waals surface area contributed by atoms with Crippen molar-refractivity contribution in [2.75, 3.05) is 11.4 Å². The molecule has 0 fully saturated rings. The fourth-order valence-electron chi connectivity index (χ4n) is 3.89. The van der Waals surface area contributed by atoms with Gasteiger partial charge in [0.2, 0.25) is 5.52 Å². The van der Waals surface area contributed by atoms with Crippen LogP contribution in [0.2, 0.25) is 10.0 Å². The zero-order valence-electron chi connectivity index (χ0n) is 18.8. The van der Waals surface area contributed by atoms with Gasteiger partial charge in [0.25, 0.3) is 5.01 Å². The number of aryl methyl sites for hydroxylation is 1. The Morgan fingerprint density at radius 1 is 1.03 bits per heavy atom. The molecule has 2 nitrogen and oxygen atoms in total.